The summed E-state index contributed by atoms with van der Waals surface area (Å²) in [6.45, 7) is 1.89. The number of amides is 1. The molecule has 1 saturated heterocycles. The Morgan fingerprint density at radius 1 is 1.19 bits per heavy atom. The third-order valence-electron chi connectivity index (χ3n) is 4.27. The zero-order valence-electron chi connectivity index (χ0n) is 15.2. The molecule has 4 nitrogen and oxygen atoms in total. The van der Waals surface area contributed by atoms with Gasteiger partial charge in [0.25, 0.3) is 5.91 Å². The average Bonchev–Trinajstić information content (AvgIpc) is 2.73. The van der Waals surface area contributed by atoms with Crippen molar-refractivity contribution in [3.05, 3.63) is 65.2 Å². The normalized spacial score (nSPS) is 15.6. The number of nitriles is 1. The summed E-state index contributed by atoms with van der Waals surface area (Å²) >= 11 is 3.98. The van der Waals surface area contributed by atoms with Crippen molar-refractivity contribution in [2.24, 2.45) is 0 Å². The Labute approximate surface area is 168 Å². The van der Waals surface area contributed by atoms with Gasteiger partial charge >= 0.3 is 0 Å². The third-order valence-corrected chi connectivity index (χ3v) is 7.28. The van der Waals surface area contributed by atoms with E-state index in [9.17, 15) is 4.79 Å². The first-order valence-electron chi connectivity index (χ1n) is 8.91. The Balaban J connectivity index is 1.47. The van der Waals surface area contributed by atoms with Gasteiger partial charge in [0.1, 0.15) is 5.75 Å². The number of carbonyl (C=O) groups is 1. The van der Waals surface area contributed by atoms with Gasteiger partial charge in [-0.05, 0) is 60.2 Å². The van der Waals surface area contributed by atoms with Crippen LogP contribution in [0.2, 0.25) is 0 Å². The average molecular weight is 399 g/mol. The van der Waals surface area contributed by atoms with Gasteiger partial charge in [0.15, 0.2) is 6.61 Å². The molecule has 3 rings (SSSR count). The molecule has 27 heavy (non-hydrogen) atoms. The largest absolute Gasteiger partial charge is 0.484 e. The van der Waals surface area contributed by atoms with Crippen molar-refractivity contribution in [2.45, 2.75) is 24.0 Å². The van der Waals surface area contributed by atoms with E-state index >= 15 is 0 Å². The van der Waals surface area contributed by atoms with Crippen LogP contribution in [-0.2, 0) is 4.79 Å². The first kappa shape index (κ1) is 19.7. The molecule has 1 heterocycles. The molecule has 140 valence electrons. The fourth-order valence-corrected chi connectivity index (χ4v) is 5.66. The molecule has 1 aliphatic heterocycles. The zero-order chi connectivity index (χ0) is 19.1. The van der Waals surface area contributed by atoms with E-state index in [0.29, 0.717) is 15.9 Å². The summed E-state index contributed by atoms with van der Waals surface area (Å²) in [6, 6.07) is 17.2. The molecule has 1 amide bonds. The molecule has 2 aromatic rings. The van der Waals surface area contributed by atoms with Crippen molar-refractivity contribution < 1.29 is 9.53 Å². The van der Waals surface area contributed by atoms with Crippen LogP contribution in [0.3, 0.4) is 0 Å². The van der Waals surface area contributed by atoms with Crippen LogP contribution >= 0.6 is 23.5 Å². The van der Waals surface area contributed by atoms with Crippen molar-refractivity contribution in [1.82, 2.24) is 5.32 Å². The van der Waals surface area contributed by atoms with E-state index in [4.69, 9.17) is 10.00 Å². The Hall–Kier alpha value is -2.10. The minimum absolute atomic E-state index is 0.0209. The SMILES string of the molecule is CC(NC(=O)COc1ccc(C2SCCCS2)cc1)c1ccc(C#N)cc1. The quantitative estimate of drug-likeness (QED) is 0.765. The second kappa shape index (κ2) is 9.72. The second-order valence-corrected chi connectivity index (χ2v) is 9.03. The lowest BCUT2D eigenvalue weighted by Crippen LogP contribution is -2.31. The van der Waals surface area contributed by atoms with Gasteiger partial charge in [-0.3, -0.25) is 4.79 Å². The van der Waals surface area contributed by atoms with E-state index in [-0.39, 0.29) is 18.6 Å². The van der Waals surface area contributed by atoms with E-state index in [2.05, 4.69) is 23.5 Å². The number of rotatable bonds is 6. The minimum atomic E-state index is -0.172. The van der Waals surface area contributed by atoms with E-state index in [0.717, 1.165) is 5.56 Å². The van der Waals surface area contributed by atoms with Crippen molar-refractivity contribution >= 4 is 29.4 Å². The third kappa shape index (κ3) is 5.69. The molecule has 1 unspecified atom stereocenters. The minimum Gasteiger partial charge on any atom is -0.484 e. The van der Waals surface area contributed by atoms with E-state index < -0.39 is 0 Å². The smallest absolute Gasteiger partial charge is 0.258 e. The maximum absolute atomic E-state index is 12.1. The molecule has 0 aromatic heterocycles. The predicted octanol–water partition coefficient (Wildman–Crippen LogP) is 4.68. The van der Waals surface area contributed by atoms with Gasteiger partial charge in [-0.15, -0.1) is 23.5 Å². The lowest BCUT2D eigenvalue weighted by molar-refractivity contribution is -0.123. The fourth-order valence-electron chi connectivity index (χ4n) is 2.76. The number of hydrogen-bond donors (Lipinski definition) is 1. The van der Waals surface area contributed by atoms with Gasteiger partial charge in [-0.25, -0.2) is 0 Å². The number of ether oxygens (including phenoxy) is 1. The van der Waals surface area contributed by atoms with Crippen LogP contribution in [0.15, 0.2) is 48.5 Å². The highest BCUT2D eigenvalue weighted by Crippen LogP contribution is 2.43. The van der Waals surface area contributed by atoms with Gasteiger partial charge < -0.3 is 10.1 Å². The van der Waals surface area contributed by atoms with E-state index in [1.165, 1.54) is 23.5 Å². The molecular formula is C21H22N2O2S2. The van der Waals surface area contributed by atoms with Crippen LogP contribution in [0.4, 0.5) is 0 Å². The van der Waals surface area contributed by atoms with Gasteiger partial charge in [-0.2, -0.15) is 5.26 Å². The molecule has 1 atom stereocenters. The standard InChI is InChI=1S/C21H22N2O2S2/c1-15(17-5-3-16(13-22)4-6-17)23-20(24)14-25-19-9-7-18(8-10-19)21-26-11-2-12-27-21/h3-10,15,21H,2,11-12,14H2,1H3,(H,23,24). The Bertz CT molecular complexity index is 794. The summed E-state index contributed by atoms with van der Waals surface area (Å²) in [5.74, 6) is 2.96. The van der Waals surface area contributed by atoms with Crippen molar-refractivity contribution in [3.8, 4) is 11.8 Å². The lowest BCUT2D eigenvalue weighted by atomic mass is 10.1. The fraction of sp³-hybridized carbons (Fsp3) is 0.333. The highest BCUT2D eigenvalue weighted by atomic mass is 32.2. The first-order valence-corrected chi connectivity index (χ1v) is 11.0. The number of nitrogens with one attached hydrogen (secondary N) is 1. The van der Waals surface area contributed by atoms with Gasteiger partial charge in [0.05, 0.1) is 22.3 Å². The van der Waals surface area contributed by atoms with Crippen LogP contribution in [-0.4, -0.2) is 24.0 Å². The Morgan fingerprint density at radius 3 is 2.48 bits per heavy atom. The number of hydrogen-bond acceptors (Lipinski definition) is 5. The molecule has 1 fully saturated rings. The molecule has 0 spiro atoms. The first-order chi connectivity index (χ1) is 13.2. The van der Waals surface area contributed by atoms with E-state index in [1.807, 2.05) is 54.7 Å². The summed E-state index contributed by atoms with van der Waals surface area (Å²) in [5, 5.41) is 11.8. The summed E-state index contributed by atoms with van der Waals surface area (Å²) in [5.41, 5.74) is 2.86. The monoisotopic (exact) mass is 398 g/mol. The molecule has 0 bridgehead atoms. The lowest BCUT2D eigenvalue weighted by Gasteiger charge is -2.21. The zero-order valence-corrected chi connectivity index (χ0v) is 16.8. The topological polar surface area (TPSA) is 62.1 Å². The molecule has 0 aliphatic carbocycles. The number of carbonyl (C=O) groups excluding carboxylic acids is 1. The summed E-state index contributed by atoms with van der Waals surface area (Å²) in [6.07, 6.45) is 1.28. The van der Waals surface area contributed by atoms with Crippen molar-refractivity contribution in [1.29, 1.82) is 5.26 Å². The summed E-state index contributed by atoms with van der Waals surface area (Å²) in [7, 11) is 0. The second-order valence-electron chi connectivity index (χ2n) is 6.31. The maximum atomic E-state index is 12.1. The van der Waals surface area contributed by atoms with Crippen molar-refractivity contribution in [2.75, 3.05) is 18.1 Å². The van der Waals surface area contributed by atoms with Gasteiger partial charge in [0.2, 0.25) is 0 Å². The highest BCUT2D eigenvalue weighted by Gasteiger charge is 2.16. The molecule has 2 aromatic carbocycles. The molecule has 6 heteroatoms. The van der Waals surface area contributed by atoms with Crippen LogP contribution in [0, 0.1) is 11.3 Å². The Morgan fingerprint density at radius 2 is 1.85 bits per heavy atom. The Kier molecular flexibility index (Phi) is 7.08. The predicted molar refractivity (Wildman–Crippen MR) is 112 cm³/mol. The summed E-state index contributed by atoms with van der Waals surface area (Å²) < 4.78 is 6.12. The summed E-state index contributed by atoms with van der Waals surface area (Å²) in [4.78, 5) is 12.1. The number of nitrogens with zero attached hydrogens (tertiary/aromatic N) is 1. The molecule has 1 N–H and O–H groups in total. The van der Waals surface area contributed by atoms with Crippen molar-refractivity contribution in [3.63, 3.8) is 0 Å². The van der Waals surface area contributed by atoms with Crippen LogP contribution in [0.25, 0.3) is 0 Å². The molecule has 1 aliphatic rings. The molecule has 0 radical (unpaired) electrons. The van der Waals surface area contributed by atoms with Crippen LogP contribution < -0.4 is 10.1 Å². The molecular weight excluding hydrogens is 376 g/mol. The number of thioether (sulfide) groups is 2. The highest BCUT2D eigenvalue weighted by molar-refractivity contribution is 8.16. The van der Waals surface area contributed by atoms with E-state index in [1.54, 1.807) is 12.1 Å². The van der Waals surface area contributed by atoms with Gasteiger partial charge in [0, 0.05) is 0 Å². The maximum Gasteiger partial charge on any atom is 0.258 e. The van der Waals surface area contributed by atoms with Crippen LogP contribution in [0.5, 0.6) is 5.75 Å². The molecule has 0 saturated carbocycles. The van der Waals surface area contributed by atoms with Gasteiger partial charge in [-0.1, -0.05) is 24.3 Å². The number of benzene rings is 2. The van der Waals surface area contributed by atoms with Crippen LogP contribution in [0.1, 0.15) is 40.7 Å².